The largest absolute Gasteiger partial charge is 0.492 e. The number of hydrogen-bond donors (Lipinski definition) is 0. The summed E-state index contributed by atoms with van der Waals surface area (Å²) in [5.41, 5.74) is 0.974. The summed E-state index contributed by atoms with van der Waals surface area (Å²) in [6.07, 6.45) is 9.07. The van der Waals surface area contributed by atoms with Gasteiger partial charge in [-0.2, -0.15) is 0 Å². The molecule has 0 heterocycles. The summed E-state index contributed by atoms with van der Waals surface area (Å²) < 4.78 is 5.33. The fourth-order valence-electron chi connectivity index (χ4n) is 0.654. The van der Waals surface area contributed by atoms with Gasteiger partial charge < -0.3 is 4.74 Å². The lowest BCUT2D eigenvalue weighted by Gasteiger charge is -2.06. The second-order valence-corrected chi connectivity index (χ2v) is 2.26. The minimum atomic E-state index is 0.531. The summed E-state index contributed by atoms with van der Waals surface area (Å²) in [4.78, 5) is 0. The number of allylic oxidation sites excluding steroid dienone is 3. The van der Waals surface area contributed by atoms with Gasteiger partial charge in [-0.1, -0.05) is 19.2 Å². The topological polar surface area (TPSA) is 9.23 Å². The van der Waals surface area contributed by atoms with E-state index in [4.69, 9.17) is 11.2 Å². The number of hydrogen-bond acceptors (Lipinski definition) is 1. The summed E-state index contributed by atoms with van der Waals surface area (Å²) in [6.45, 7) is 9.71. The standard InChI is InChI=1S/C11H14O/c1-5-8-9-12-11(7-3)10(4)6-2/h1,6-7H,2-3,8-9H2,4H3/b11-10+. The number of rotatable bonds is 5. The summed E-state index contributed by atoms with van der Waals surface area (Å²) in [7, 11) is 0. The normalized spacial score (nSPS) is 11.0. The molecule has 0 aliphatic rings. The zero-order valence-corrected chi connectivity index (χ0v) is 7.47. The first-order chi connectivity index (χ1) is 5.76. The zero-order chi connectivity index (χ0) is 9.40. The van der Waals surface area contributed by atoms with Gasteiger partial charge >= 0.3 is 0 Å². The molecule has 0 aromatic rings. The van der Waals surface area contributed by atoms with Crippen LogP contribution in [0.3, 0.4) is 0 Å². The van der Waals surface area contributed by atoms with E-state index in [0.717, 1.165) is 11.3 Å². The fourth-order valence-corrected chi connectivity index (χ4v) is 0.654. The summed E-state index contributed by atoms with van der Waals surface area (Å²) in [6, 6.07) is 0. The molecule has 0 aromatic heterocycles. The van der Waals surface area contributed by atoms with Crippen LogP contribution in [0.25, 0.3) is 0 Å². The van der Waals surface area contributed by atoms with Gasteiger partial charge in [0.25, 0.3) is 0 Å². The molecule has 1 nitrogen and oxygen atoms in total. The van der Waals surface area contributed by atoms with Crippen molar-refractivity contribution in [2.45, 2.75) is 13.3 Å². The Kier molecular flexibility index (Phi) is 5.55. The molecular weight excluding hydrogens is 148 g/mol. The smallest absolute Gasteiger partial charge is 0.121 e. The van der Waals surface area contributed by atoms with E-state index in [0.29, 0.717) is 13.0 Å². The van der Waals surface area contributed by atoms with Crippen molar-refractivity contribution >= 4 is 0 Å². The molecule has 0 aromatic carbocycles. The van der Waals surface area contributed by atoms with Gasteiger partial charge in [0.05, 0.1) is 6.61 Å². The zero-order valence-electron chi connectivity index (χ0n) is 7.47. The molecule has 64 valence electrons. The first-order valence-electron chi connectivity index (χ1n) is 3.78. The molecule has 12 heavy (non-hydrogen) atoms. The predicted octanol–water partition coefficient (Wildman–Crippen LogP) is 2.67. The lowest BCUT2D eigenvalue weighted by molar-refractivity contribution is 0.230. The van der Waals surface area contributed by atoms with Crippen LogP contribution in [0.1, 0.15) is 13.3 Å². The molecule has 0 N–H and O–H groups in total. The molecule has 0 fully saturated rings. The van der Waals surface area contributed by atoms with Crippen molar-refractivity contribution in [2.75, 3.05) is 6.61 Å². The Morgan fingerprint density at radius 2 is 2.17 bits per heavy atom. The molecule has 0 saturated heterocycles. The van der Waals surface area contributed by atoms with Gasteiger partial charge in [0, 0.05) is 6.42 Å². The van der Waals surface area contributed by atoms with Crippen LogP contribution >= 0.6 is 0 Å². The van der Waals surface area contributed by atoms with Gasteiger partial charge in [-0.05, 0) is 18.6 Å². The van der Waals surface area contributed by atoms with Gasteiger partial charge in [-0.3, -0.25) is 0 Å². The van der Waals surface area contributed by atoms with Gasteiger partial charge in [-0.25, -0.2) is 0 Å². The SMILES string of the molecule is C#CCCO/C(C=C)=C(\C)C=C. The van der Waals surface area contributed by atoms with E-state index in [9.17, 15) is 0 Å². The van der Waals surface area contributed by atoms with Crippen LogP contribution in [0.4, 0.5) is 0 Å². The van der Waals surface area contributed by atoms with Crippen LogP contribution < -0.4 is 0 Å². The first kappa shape index (κ1) is 10.6. The van der Waals surface area contributed by atoms with E-state index in [1.807, 2.05) is 6.92 Å². The summed E-state index contributed by atoms with van der Waals surface area (Å²) >= 11 is 0. The Bertz CT molecular complexity index is 228. The maximum atomic E-state index is 5.33. The molecule has 0 unspecified atom stereocenters. The molecule has 0 aliphatic heterocycles. The van der Waals surface area contributed by atoms with Crippen molar-refractivity contribution in [3.63, 3.8) is 0 Å². The average molecular weight is 162 g/mol. The summed E-state index contributed by atoms with van der Waals surface area (Å²) in [5, 5.41) is 0. The van der Waals surface area contributed by atoms with Crippen molar-refractivity contribution in [1.82, 2.24) is 0 Å². The van der Waals surface area contributed by atoms with E-state index in [1.54, 1.807) is 12.2 Å². The van der Waals surface area contributed by atoms with Crippen LogP contribution in [0.5, 0.6) is 0 Å². The Labute approximate surface area is 74.4 Å². The second kappa shape index (κ2) is 6.30. The Morgan fingerprint density at radius 1 is 1.50 bits per heavy atom. The van der Waals surface area contributed by atoms with Gasteiger partial charge in [0.1, 0.15) is 5.76 Å². The third-order valence-corrected chi connectivity index (χ3v) is 1.38. The van der Waals surface area contributed by atoms with Crippen LogP contribution in [-0.2, 0) is 4.74 Å². The number of terminal acetylenes is 1. The van der Waals surface area contributed by atoms with E-state index < -0.39 is 0 Å². The molecule has 0 saturated carbocycles. The monoisotopic (exact) mass is 162 g/mol. The molecule has 0 rings (SSSR count). The highest BCUT2D eigenvalue weighted by Crippen LogP contribution is 2.07. The van der Waals surface area contributed by atoms with Gasteiger partial charge in [0.2, 0.25) is 0 Å². The van der Waals surface area contributed by atoms with Crippen LogP contribution in [-0.4, -0.2) is 6.61 Å². The minimum absolute atomic E-state index is 0.531. The lowest BCUT2D eigenvalue weighted by atomic mass is 10.2. The first-order valence-corrected chi connectivity index (χ1v) is 3.78. The Balaban J connectivity index is 4.10. The van der Waals surface area contributed by atoms with Crippen LogP contribution in [0, 0.1) is 12.3 Å². The fraction of sp³-hybridized carbons (Fsp3) is 0.273. The highest BCUT2D eigenvalue weighted by molar-refractivity contribution is 5.24. The second-order valence-electron chi connectivity index (χ2n) is 2.26. The lowest BCUT2D eigenvalue weighted by Crippen LogP contribution is -1.93. The minimum Gasteiger partial charge on any atom is -0.492 e. The number of ether oxygens (including phenoxy) is 1. The maximum Gasteiger partial charge on any atom is 0.121 e. The molecule has 0 spiro atoms. The van der Waals surface area contributed by atoms with Crippen molar-refractivity contribution in [1.29, 1.82) is 0 Å². The van der Waals surface area contributed by atoms with Gasteiger partial charge in [-0.15, -0.1) is 12.3 Å². The van der Waals surface area contributed by atoms with E-state index in [2.05, 4.69) is 19.1 Å². The van der Waals surface area contributed by atoms with E-state index in [1.165, 1.54) is 0 Å². The average Bonchev–Trinajstić information content (AvgIpc) is 2.11. The molecule has 0 bridgehead atoms. The van der Waals surface area contributed by atoms with E-state index in [-0.39, 0.29) is 0 Å². The quantitative estimate of drug-likeness (QED) is 0.261. The molecule has 0 aliphatic carbocycles. The highest BCUT2D eigenvalue weighted by Gasteiger charge is 1.94. The van der Waals surface area contributed by atoms with Crippen LogP contribution in [0.15, 0.2) is 36.6 Å². The van der Waals surface area contributed by atoms with Crippen molar-refractivity contribution in [3.05, 3.63) is 36.6 Å². The molecule has 1 heteroatoms. The Morgan fingerprint density at radius 3 is 2.58 bits per heavy atom. The van der Waals surface area contributed by atoms with E-state index >= 15 is 0 Å². The molecule has 0 atom stereocenters. The summed E-state index contributed by atoms with van der Waals surface area (Å²) in [5.74, 6) is 3.25. The predicted molar refractivity (Wildman–Crippen MR) is 52.5 cm³/mol. The van der Waals surface area contributed by atoms with Crippen molar-refractivity contribution < 1.29 is 4.74 Å². The molecular formula is C11H14O. The van der Waals surface area contributed by atoms with Crippen molar-refractivity contribution in [2.24, 2.45) is 0 Å². The third-order valence-electron chi connectivity index (χ3n) is 1.38. The van der Waals surface area contributed by atoms with Gasteiger partial charge in [0.15, 0.2) is 0 Å². The molecule has 0 radical (unpaired) electrons. The van der Waals surface area contributed by atoms with Crippen LogP contribution in [0.2, 0.25) is 0 Å². The maximum absolute atomic E-state index is 5.33. The third kappa shape index (κ3) is 3.68. The highest BCUT2D eigenvalue weighted by atomic mass is 16.5. The Hall–Kier alpha value is -1.42. The molecule has 0 amide bonds. The van der Waals surface area contributed by atoms with Crippen molar-refractivity contribution in [3.8, 4) is 12.3 Å².